The molecule has 3 fully saturated rings. The molecule has 356 valence electrons. The number of carbonyl (C=O) groups excluding carboxylic acids is 5. The summed E-state index contributed by atoms with van der Waals surface area (Å²) in [6.45, 7) is 18.3. The van der Waals surface area contributed by atoms with Gasteiger partial charge in [0.25, 0.3) is 0 Å². The lowest BCUT2D eigenvalue weighted by Gasteiger charge is -2.67. The van der Waals surface area contributed by atoms with Gasteiger partial charge < -0.3 is 48.7 Å². The molecule has 11 atom stereocenters. The summed E-state index contributed by atoms with van der Waals surface area (Å²) in [5.74, 6) is -4.92. The van der Waals surface area contributed by atoms with E-state index in [4.69, 9.17) is 28.1 Å². The van der Waals surface area contributed by atoms with E-state index < -0.39 is 121 Å². The fraction of sp³-hybridized carbons (Fsp3) is 0.612. The zero-order chi connectivity index (χ0) is 48.1. The number of ether oxygens (including phenoxy) is 5. The van der Waals surface area contributed by atoms with Crippen molar-refractivity contribution in [1.82, 2.24) is 5.32 Å². The molecule has 1 amide bonds. The fourth-order valence-electron chi connectivity index (χ4n) is 10.9. The Balaban J connectivity index is 1.55. The molecule has 0 spiro atoms. The minimum Gasteiger partial charge on any atom is -0.456 e. The summed E-state index contributed by atoms with van der Waals surface area (Å²) in [5.41, 5.74) is -7.68. The monoisotopic (exact) mass is 921 g/mol. The number of aliphatic hydroxyl groups is 3. The summed E-state index contributed by atoms with van der Waals surface area (Å²) in [6.07, 6.45) is -10.5. The van der Waals surface area contributed by atoms with Crippen LogP contribution in [0.1, 0.15) is 111 Å². The van der Waals surface area contributed by atoms with Crippen LogP contribution in [0.2, 0.25) is 18.1 Å². The van der Waals surface area contributed by atoms with E-state index in [1.807, 2.05) is 20.8 Å². The van der Waals surface area contributed by atoms with E-state index in [9.17, 15) is 29.7 Å². The van der Waals surface area contributed by atoms with Gasteiger partial charge >= 0.3 is 24.0 Å². The standard InChI is InChI=1S/C49H67NO14Si/c1-12-65(13-2,14-3)64-38(36(30-21-17-15-18-22-30)50-44(57)63-45(6,7)8)43(56)60-32-26-49(58)41(61-42(55)31-23-19-16-20-24-31)39-47(11,40(54)37(53)35(28(32)4)46(49,9)10)33(52)25-34-48(39,27-59-34)62-29(5)51/h15-24,32-34,36-39,41,52-53,58H,12-14,25-27H2,1-11H3,(H,50,57)/t32-,33-,34+,36-,37+,38+,39-,41-,47+,48-,49+/m0/s1. The highest BCUT2D eigenvalue weighted by molar-refractivity contribution is 6.73. The van der Waals surface area contributed by atoms with Crippen LogP contribution in [0, 0.1) is 16.7 Å². The van der Waals surface area contributed by atoms with Crippen molar-refractivity contribution in [3.8, 4) is 0 Å². The van der Waals surface area contributed by atoms with E-state index in [0.717, 1.165) is 0 Å². The van der Waals surface area contributed by atoms with Crippen LogP contribution in [0.3, 0.4) is 0 Å². The predicted molar refractivity (Wildman–Crippen MR) is 240 cm³/mol. The summed E-state index contributed by atoms with van der Waals surface area (Å²) >= 11 is 0. The van der Waals surface area contributed by atoms with Gasteiger partial charge in [0.1, 0.15) is 35.6 Å². The lowest BCUT2D eigenvalue weighted by molar-refractivity contribution is -0.346. The van der Waals surface area contributed by atoms with Gasteiger partial charge in [0.05, 0.1) is 35.6 Å². The Morgan fingerprint density at radius 1 is 0.923 bits per heavy atom. The molecule has 0 unspecified atom stereocenters. The molecular weight excluding hydrogens is 855 g/mol. The van der Waals surface area contributed by atoms with Crippen LogP contribution in [0.25, 0.3) is 0 Å². The topological polar surface area (TPSA) is 213 Å². The van der Waals surface area contributed by atoms with Crippen molar-refractivity contribution in [2.75, 3.05) is 6.61 Å². The molecule has 1 heterocycles. The van der Waals surface area contributed by atoms with Crippen molar-refractivity contribution in [3.63, 3.8) is 0 Å². The van der Waals surface area contributed by atoms with Gasteiger partial charge in [-0.3, -0.25) is 9.59 Å². The van der Waals surface area contributed by atoms with Gasteiger partial charge in [-0.05, 0) is 81.6 Å². The Bertz CT molecular complexity index is 2140. The number of amides is 1. The molecule has 0 aromatic heterocycles. The number of ketones is 1. The fourth-order valence-corrected chi connectivity index (χ4v) is 13.7. The molecule has 2 saturated carbocycles. The summed E-state index contributed by atoms with van der Waals surface area (Å²) in [4.78, 5) is 71.4. The minimum atomic E-state index is -2.71. The Kier molecular flexibility index (Phi) is 14.1. The summed E-state index contributed by atoms with van der Waals surface area (Å²) in [7, 11) is -2.71. The van der Waals surface area contributed by atoms with E-state index in [0.29, 0.717) is 23.7 Å². The quantitative estimate of drug-likeness (QED) is 0.0753. The molecule has 1 saturated heterocycles. The Morgan fingerprint density at radius 2 is 1.51 bits per heavy atom. The number of nitrogens with one attached hydrogen (secondary N) is 1. The van der Waals surface area contributed by atoms with Gasteiger partial charge in [0.15, 0.2) is 25.8 Å². The Labute approximate surface area is 382 Å². The highest BCUT2D eigenvalue weighted by Gasteiger charge is 2.78. The van der Waals surface area contributed by atoms with E-state index in [-0.39, 0.29) is 29.7 Å². The lowest BCUT2D eigenvalue weighted by atomic mass is 9.44. The van der Waals surface area contributed by atoms with E-state index in [2.05, 4.69) is 5.32 Å². The summed E-state index contributed by atoms with van der Waals surface area (Å²) in [6, 6.07) is 17.6. The highest BCUT2D eigenvalue weighted by atomic mass is 28.4. The number of fused-ring (bicyclic) bond motifs is 5. The van der Waals surface area contributed by atoms with Gasteiger partial charge in [-0.1, -0.05) is 83.1 Å². The maximum Gasteiger partial charge on any atom is 0.408 e. The van der Waals surface area contributed by atoms with Gasteiger partial charge in [0, 0.05) is 25.2 Å². The van der Waals surface area contributed by atoms with Crippen molar-refractivity contribution in [2.45, 2.75) is 167 Å². The second-order valence-corrected chi connectivity index (χ2v) is 24.6. The first kappa shape index (κ1) is 50.0. The first-order chi connectivity index (χ1) is 30.4. The third kappa shape index (κ3) is 8.82. The van der Waals surface area contributed by atoms with Crippen LogP contribution in [0.5, 0.6) is 0 Å². The highest BCUT2D eigenvalue weighted by Crippen LogP contribution is 2.64. The van der Waals surface area contributed by atoms with Crippen LogP contribution in [-0.4, -0.2) is 113 Å². The number of hydrogen-bond acceptors (Lipinski definition) is 14. The summed E-state index contributed by atoms with van der Waals surface area (Å²) < 4.78 is 37.6. The van der Waals surface area contributed by atoms with E-state index in [1.54, 1.807) is 90.1 Å². The number of rotatable bonds is 13. The first-order valence-corrected chi connectivity index (χ1v) is 25.2. The number of aliphatic hydroxyl groups excluding tert-OH is 2. The van der Waals surface area contributed by atoms with Crippen molar-refractivity contribution in [3.05, 3.63) is 82.9 Å². The maximum absolute atomic E-state index is 15.2. The Hall–Kier alpha value is -4.45. The predicted octanol–water partition coefficient (Wildman–Crippen LogP) is 6.29. The van der Waals surface area contributed by atoms with Crippen LogP contribution in [0.4, 0.5) is 4.79 Å². The number of benzene rings is 2. The average molecular weight is 922 g/mol. The van der Waals surface area contributed by atoms with E-state index in [1.165, 1.54) is 26.0 Å². The number of alkyl carbamates (subject to hydrolysis) is 1. The number of esters is 3. The van der Waals surface area contributed by atoms with Gasteiger partial charge in [0.2, 0.25) is 0 Å². The molecule has 4 N–H and O–H groups in total. The van der Waals surface area contributed by atoms with Gasteiger partial charge in [-0.2, -0.15) is 0 Å². The van der Waals surface area contributed by atoms with Crippen molar-refractivity contribution in [1.29, 1.82) is 0 Å². The average Bonchev–Trinajstić information content (AvgIpc) is 3.24. The smallest absolute Gasteiger partial charge is 0.408 e. The lowest BCUT2D eigenvalue weighted by Crippen LogP contribution is -2.81. The molecule has 65 heavy (non-hydrogen) atoms. The van der Waals surface area contributed by atoms with Crippen molar-refractivity contribution < 1.29 is 67.4 Å². The number of Topliss-reactive ketones (excluding diaryl/α,β-unsaturated/α-hetero) is 1. The van der Waals surface area contributed by atoms with Crippen LogP contribution in [-0.2, 0) is 42.5 Å². The third-order valence-electron chi connectivity index (χ3n) is 14.9. The zero-order valence-corrected chi connectivity index (χ0v) is 40.5. The normalized spacial score (nSPS) is 31.6. The molecule has 2 aromatic rings. The second kappa shape index (κ2) is 18.3. The molecule has 16 heteroatoms. The molecule has 6 rings (SSSR count). The van der Waals surface area contributed by atoms with Crippen LogP contribution in [0.15, 0.2) is 71.8 Å². The van der Waals surface area contributed by atoms with Gasteiger partial charge in [-0.15, -0.1) is 0 Å². The molecule has 2 aromatic carbocycles. The maximum atomic E-state index is 15.2. The van der Waals surface area contributed by atoms with E-state index >= 15 is 9.59 Å². The Morgan fingerprint density at radius 3 is 2.03 bits per heavy atom. The second-order valence-electron chi connectivity index (χ2n) is 19.9. The van der Waals surface area contributed by atoms with Crippen molar-refractivity contribution >= 4 is 38.1 Å². The largest absolute Gasteiger partial charge is 0.456 e. The minimum absolute atomic E-state index is 0.00133. The molecule has 1 aliphatic heterocycles. The molecule has 4 aliphatic rings. The third-order valence-corrected chi connectivity index (χ3v) is 19.5. The number of carbonyl (C=O) groups is 5. The van der Waals surface area contributed by atoms with Crippen molar-refractivity contribution in [2.24, 2.45) is 16.7 Å². The molecule has 0 radical (unpaired) electrons. The molecule has 15 nitrogen and oxygen atoms in total. The molecule has 3 aliphatic carbocycles. The number of hydrogen-bond donors (Lipinski definition) is 4. The molecule has 2 bridgehead atoms. The summed E-state index contributed by atoms with van der Waals surface area (Å²) in [5, 5.41) is 41.1. The van der Waals surface area contributed by atoms with Crippen LogP contribution < -0.4 is 5.32 Å². The zero-order valence-electron chi connectivity index (χ0n) is 39.5. The first-order valence-electron chi connectivity index (χ1n) is 22.7. The SMILES string of the molecule is CC[Si](CC)(CC)O[C@@H](C(=O)O[C@H]1C[C@@]2(O)[C@@H](OC(=O)c3ccccc3)[C@@H]3[C@]4(OC(C)=O)CO[C@@H]4C[C@H](O)[C@@]3(C)C(=O)[C@H](O)C(=C1C)C2(C)C)[C@@H](NC(=O)OC(C)(C)C)c1ccccc1. The van der Waals surface area contributed by atoms with Gasteiger partial charge in [-0.25, -0.2) is 14.4 Å². The molecular formula is C49H67NO14Si. The van der Waals surface area contributed by atoms with Crippen LogP contribution >= 0.6 is 0 Å².